The Bertz CT molecular complexity index is 2000. The average molecular weight is 755 g/mol. The molecule has 0 aliphatic heterocycles. The van der Waals surface area contributed by atoms with Crippen molar-refractivity contribution >= 4 is 10.9 Å². The standard InChI is InChI=1S/C25H18N.C17H12N.Ir/c1-2-7-22-16(4-1)12-13-23(26-22)21-14-19-10-8-17-5-3-6-18-9-11-20(15-21)25(19)24(17)18;1-3-7-14(8-4-1)16-11-12-17(18-13-16)15-9-5-2-6-10-15;/h1-7,12-14H,8-11H2;1-9,11-13H;/q2*-1;. The summed E-state index contributed by atoms with van der Waals surface area (Å²) in [6.07, 6.45) is 6.38. The van der Waals surface area contributed by atoms with E-state index in [1.807, 2.05) is 54.7 Å². The maximum atomic E-state index is 4.90. The molecule has 0 atom stereocenters. The third-order valence-electron chi connectivity index (χ3n) is 8.75. The van der Waals surface area contributed by atoms with Gasteiger partial charge in [-0.15, -0.1) is 64.7 Å². The van der Waals surface area contributed by atoms with E-state index in [-0.39, 0.29) is 20.1 Å². The summed E-state index contributed by atoms with van der Waals surface area (Å²) in [7, 11) is 0. The summed E-state index contributed by atoms with van der Waals surface area (Å²) in [6, 6.07) is 51.0. The van der Waals surface area contributed by atoms with Crippen LogP contribution in [0, 0.1) is 12.1 Å². The Morgan fingerprint density at radius 3 is 2.09 bits per heavy atom. The molecule has 0 saturated carbocycles. The maximum absolute atomic E-state index is 4.90. The van der Waals surface area contributed by atoms with Crippen LogP contribution in [0.1, 0.15) is 22.3 Å². The second-order valence-electron chi connectivity index (χ2n) is 11.5. The first kappa shape index (κ1) is 29.0. The molecule has 0 unspecified atom stereocenters. The second-order valence-corrected chi connectivity index (χ2v) is 11.5. The molecule has 0 N–H and O–H groups in total. The fourth-order valence-electron chi connectivity index (χ4n) is 6.58. The van der Waals surface area contributed by atoms with Crippen LogP contribution >= 0.6 is 0 Å². The summed E-state index contributed by atoms with van der Waals surface area (Å²) >= 11 is 0. The average Bonchev–Trinajstić information content (AvgIpc) is 3.11. The number of hydrogen-bond acceptors (Lipinski definition) is 2. The predicted molar refractivity (Wildman–Crippen MR) is 180 cm³/mol. The zero-order chi connectivity index (χ0) is 29.3. The van der Waals surface area contributed by atoms with Crippen LogP contribution in [0.25, 0.3) is 55.7 Å². The molecule has 2 aliphatic rings. The van der Waals surface area contributed by atoms with Crippen LogP contribution in [0.4, 0.5) is 0 Å². The van der Waals surface area contributed by atoms with Gasteiger partial charge in [-0.05, 0) is 70.8 Å². The van der Waals surface area contributed by atoms with Gasteiger partial charge >= 0.3 is 0 Å². The van der Waals surface area contributed by atoms with Crippen LogP contribution in [0.5, 0.6) is 0 Å². The number of para-hydroxylation sites is 1. The summed E-state index contributed by atoms with van der Waals surface area (Å²) in [6.45, 7) is 0. The van der Waals surface area contributed by atoms with E-state index in [2.05, 4.69) is 96.0 Å². The van der Waals surface area contributed by atoms with Crippen LogP contribution < -0.4 is 0 Å². The van der Waals surface area contributed by atoms with E-state index >= 15 is 0 Å². The zero-order valence-electron chi connectivity index (χ0n) is 24.8. The number of fused-ring (bicyclic) bond motifs is 1. The summed E-state index contributed by atoms with van der Waals surface area (Å²) in [5, 5.41) is 1.19. The summed E-state index contributed by atoms with van der Waals surface area (Å²) in [5.74, 6) is 0. The van der Waals surface area contributed by atoms with Crippen LogP contribution in [0.3, 0.4) is 0 Å². The first-order valence-corrected chi connectivity index (χ1v) is 15.3. The molecule has 45 heavy (non-hydrogen) atoms. The number of aryl methyl sites for hydroxylation is 4. The molecule has 5 aromatic carbocycles. The molecule has 219 valence electrons. The van der Waals surface area contributed by atoms with Gasteiger partial charge in [0.25, 0.3) is 0 Å². The zero-order valence-corrected chi connectivity index (χ0v) is 27.2. The van der Waals surface area contributed by atoms with Gasteiger partial charge in [0.15, 0.2) is 0 Å². The molecule has 0 spiro atoms. The predicted octanol–water partition coefficient (Wildman–Crippen LogP) is 9.78. The van der Waals surface area contributed by atoms with Gasteiger partial charge in [-0.1, -0.05) is 102 Å². The van der Waals surface area contributed by atoms with Crippen molar-refractivity contribution in [1.82, 2.24) is 9.97 Å². The molecule has 0 amide bonds. The van der Waals surface area contributed by atoms with E-state index in [0.29, 0.717) is 0 Å². The fourth-order valence-corrected chi connectivity index (χ4v) is 6.58. The van der Waals surface area contributed by atoms with Crippen molar-refractivity contribution in [2.45, 2.75) is 25.7 Å². The normalized spacial score (nSPS) is 12.4. The third-order valence-corrected chi connectivity index (χ3v) is 8.75. The quantitative estimate of drug-likeness (QED) is 0.168. The number of nitrogens with zero attached hydrogens (tertiary/aromatic N) is 2. The van der Waals surface area contributed by atoms with Gasteiger partial charge < -0.3 is 4.98 Å². The molecule has 7 aromatic rings. The van der Waals surface area contributed by atoms with Crippen LogP contribution in [-0.2, 0) is 45.8 Å². The van der Waals surface area contributed by atoms with Gasteiger partial charge in [0, 0.05) is 26.3 Å². The molecule has 0 bridgehead atoms. The molecule has 2 aliphatic carbocycles. The minimum Gasteiger partial charge on any atom is -0.304 e. The Morgan fingerprint density at radius 1 is 0.533 bits per heavy atom. The molecule has 2 nitrogen and oxygen atoms in total. The summed E-state index contributed by atoms with van der Waals surface area (Å²) < 4.78 is 0. The van der Waals surface area contributed by atoms with Crippen molar-refractivity contribution < 1.29 is 20.1 Å². The van der Waals surface area contributed by atoms with E-state index in [0.717, 1.165) is 59.3 Å². The van der Waals surface area contributed by atoms with E-state index in [1.165, 1.54) is 44.3 Å². The molecular formula is C42H30IrN2-2. The summed E-state index contributed by atoms with van der Waals surface area (Å²) in [5.41, 5.74) is 16.4. The Balaban J connectivity index is 0.000000151. The summed E-state index contributed by atoms with van der Waals surface area (Å²) in [4.78, 5) is 9.39. The Hall–Kier alpha value is -4.69. The topological polar surface area (TPSA) is 25.8 Å². The van der Waals surface area contributed by atoms with Crippen molar-refractivity contribution in [1.29, 1.82) is 0 Å². The van der Waals surface area contributed by atoms with Gasteiger partial charge in [-0.25, -0.2) is 0 Å². The maximum Gasteiger partial charge on any atom is 0.0595 e. The monoisotopic (exact) mass is 755 g/mol. The van der Waals surface area contributed by atoms with Gasteiger partial charge in [0.2, 0.25) is 0 Å². The number of rotatable bonds is 3. The molecule has 1 radical (unpaired) electrons. The Kier molecular flexibility index (Phi) is 8.22. The number of pyridine rings is 2. The van der Waals surface area contributed by atoms with Gasteiger partial charge in [-0.2, -0.15) is 0 Å². The van der Waals surface area contributed by atoms with Crippen molar-refractivity contribution in [3.05, 3.63) is 168 Å². The molecule has 3 heteroatoms. The number of hydrogen-bond donors (Lipinski definition) is 0. The van der Waals surface area contributed by atoms with Crippen LogP contribution in [-0.4, -0.2) is 9.97 Å². The molecule has 2 heterocycles. The van der Waals surface area contributed by atoms with Gasteiger partial charge in [-0.3, -0.25) is 4.98 Å². The molecule has 9 rings (SSSR count). The van der Waals surface area contributed by atoms with Crippen LogP contribution in [0.15, 0.2) is 134 Å². The van der Waals surface area contributed by atoms with E-state index in [1.54, 1.807) is 0 Å². The first-order chi connectivity index (χ1) is 21.8. The van der Waals surface area contributed by atoms with E-state index < -0.39 is 0 Å². The van der Waals surface area contributed by atoms with E-state index in [9.17, 15) is 0 Å². The van der Waals surface area contributed by atoms with Gasteiger partial charge in [0.1, 0.15) is 0 Å². The molecule has 2 aromatic heterocycles. The third kappa shape index (κ3) is 5.78. The first-order valence-electron chi connectivity index (χ1n) is 15.3. The minimum absolute atomic E-state index is 0. The van der Waals surface area contributed by atoms with Crippen molar-refractivity contribution in [2.24, 2.45) is 0 Å². The van der Waals surface area contributed by atoms with Crippen molar-refractivity contribution in [2.75, 3.05) is 0 Å². The second kappa shape index (κ2) is 12.7. The molecule has 0 fully saturated rings. The smallest absolute Gasteiger partial charge is 0.0595 e. The van der Waals surface area contributed by atoms with Crippen molar-refractivity contribution in [3.63, 3.8) is 0 Å². The minimum atomic E-state index is 0. The van der Waals surface area contributed by atoms with Crippen molar-refractivity contribution in [3.8, 4) is 44.8 Å². The van der Waals surface area contributed by atoms with E-state index in [4.69, 9.17) is 4.98 Å². The Morgan fingerprint density at radius 2 is 1.29 bits per heavy atom. The number of aromatic nitrogens is 2. The molecular weight excluding hydrogens is 725 g/mol. The SMILES string of the molecule is [Ir].[c-]1c(-c2ccc3ccccc3n2)cc2c3c1CCc1cccc(c1-3)CC2.[c-]1ccccc1-c1ccc(-c2ccccc2)cn1. The molecule has 0 saturated heterocycles. The van der Waals surface area contributed by atoms with Gasteiger partial charge in [0.05, 0.1) is 5.52 Å². The number of benzene rings is 5. The van der Waals surface area contributed by atoms with Crippen LogP contribution in [0.2, 0.25) is 0 Å². The largest absolute Gasteiger partial charge is 0.304 e. The Labute approximate surface area is 278 Å². The fraction of sp³-hybridized carbons (Fsp3) is 0.0952.